The highest BCUT2D eigenvalue weighted by molar-refractivity contribution is 6.00. The lowest BCUT2D eigenvalue weighted by atomic mass is 9.86. The molecule has 0 aliphatic heterocycles. The first-order valence-corrected chi connectivity index (χ1v) is 15.1. The van der Waals surface area contributed by atoms with E-state index < -0.39 is 5.91 Å². The number of aliphatic hydroxyl groups excluding tert-OH is 1. The van der Waals surface area contributed by atoms with E-state index in [2.05, 4.69) is 24.3 Å². The Kier molecular flexibility index (Phi) is 11.5. The number of carbonyl (C=O) groups excluding carboxylic acids is 1. The van der Waals surface area contributed by atoms with E-state index in [0.29, 0.717) is 51.1 Å². The highest BCUT2D eigenvalue weighted by Gasteiger charge is 2.24. The molecule has 0 saturated carbocycles. The summed E-state index contributed by atoms with van der Waals surface area (Å²) >= 11 is 0. The monoisotopic (exact) mass is 585 g/mol. The summed E-state index contributed by atoms with van der Waals surface area (Å²) in [6, 6.07) is 21.7. The van der Waals surface area contributed by atoms with E-state index in [1.165, 1.54) is 17.7 Å². The number of halogens is 2. The predicted octanol–water partition coefficient (Wildman–Crippen LogP) is 8.51. The van der Waals surface area contributed by atoms with Gasteiger partial charge < -0.3 is 15.6 Å². The lowest BCUT2D eigenvalue weighted by molar-refractivity contribution is 0.0999. The van der Waals surface area contributed by atoms with Gasteiger partial charge in [0.25, 0.3) is 0 Å². The zero-order valence-electron chi connectivity index (χ0n) is 25.1. The summed E-state index contributed by atoms with van der Waals surface area (Å²) in [5.74, 6) is -0.810. The van der Waals surface area contributed by atoms with Crippen molar-refractivity contribution in [3.63, 3.8) is 0 Å². The van der Waals surface area contributed by atoms with Crippen molar-refractivity contribution < 1.29 is 23.4 Å². The topological polar surface area (TPSA) is 72.6 Å². The summed E-state index contributed by atoms with van der Waals surface area (Å²) in [7, 11) is 0. The van der Waals surface area contributed by atoms with Crippen LogP contribution in [0.4, 0.5) is 8.78 Å². The van der Waals surface area contributed by atoms with Crippen molar-refractivity contribution in [1.82, 2.24) is 0 Å². The Morgan fingerprint density at radius 3 is 1.95 bits per heavy atom. The Balaban J connectivity index is 1.65. The minimum Gasteiger partial charge on any atom is -0.490 e. The molecule has 4 aromatic carbocycles. The molecule has 0 bridgehead atoms. The molecular formula is C37H41F2NO3. The van der Waals surface area contributed by atoms with Gasteiger partial charge in [-0.1, -0.05) is 68.1 Å². The van der Waals surface area contributed by atoms with Crippen LogP contribution in [0.2, 0.25) is 0 Å². The number of rotatable bonds is 15. The summed E-state index contributed by atoms with van der Waals surface area (Å²) in [5, 5.41) is 9.65. The molecule has 3 N–H and O–H groups in total. The zero-order chi connectivity index (χ0) is 30.8. The molecule has 1 amide bonds. The minimum atomic E-state index is -0.579. The van der Waals surface area contributed by atoms with Crippen LogP contribution in [0.3, 0.4) is 0 Å². The van der Waals surface area contributed by atoms with Gasteiger partial charge in [-0.15, -0.1) is 0 Å². The van der Waals surface area contributed by atoms with Crippen molar-refractivity contribution >= 4 is 5.91 Å². The molecule has 43 heavy (non-hydrogen) atoms. The molecule has 0 spiro atoms. The molecule has 0 radical (unpaired) electrons. The number of aryl methyl sites for hydroxylation is 3. The van der Waals surface area contributed by atoms with E-state index in [1.807, 2.05) is 6.07 Å². The van der Waals surface area contributed by atoms with E-state index >= 15 is 0 Å². The average Bonchev–Trinajstić information content (AvgIpc) is 3.00. The van der Waals surface area contributed by atoms with Crippen molar-refractivity contribution in [2.45, 2.75) is 65.2 Å². The zero-order valence-corrected chi connectivity index (χ0v) is 25.1. The van der Waals surface area contributed by atoms with Crippen molar-refractivity contribution in [3.05, 3.63) is 112 Å². The first-order chi connectivity index (χ1) is 20.8. The third-order valence-electron chi connectivity index (χ3n) is 7.89. The van der Waals surface area contributed by atoms with Crippen LogP contribution < -0.4 is 10.5 Å². The number of benzene rings is 4. The van der Waals surface area contributed by atoms with Crippen molar-refractivity contribution in [2.75, 3.05) is 13.2 Å². The van der Waals surface area contributed by atoms with E-state index in [4.69, 9.17) is 10.5 Å². The fourth-order valence-corrected chi connectivity index (χ4v) is 5.60. The maximum absolute atomic E-state index is 14.4. The van der Waals surface area contributed by atoms with Gasteiger partial charge >= 0.3 is 0 Å². The summed E-state index contributed by atoms with van der Waals surface area (Å²) < 4.78 is 34.7. The van der Waals surface area contributed by atoms with Crippen LogP contribution in [0.25, 0.3) is 22.3 Å². The number of nitrogens with two attached hydrogens (primary N) is 1. The number of hydrogen-bond donors (Lipinski definition) is 2. The molecule has 0 unspecified atom stereocenters. The van der Waals surface area contributed by atoms with Crippen molar-refractivity contribution in [3.8, 4) is 28.0 Å². The maximum atomic E-state index is 14.4. The Morgan fingerprint density at radius 2 is 1.35 bits per heavy atom. The fourth-order valence-electron chi connectivity index (χ4n) is 5.60. The summed E-state index contributed by atoms with van der Waals surface area (Å²) in [5.41, 5.74) is 11.9. The first kappa shape index (κ1) is 31.9. The van der Waals surface area contributed by atoms with Gasteiger partial charge in [0.15, 0.2) is 0 Å². The molecule has 0 atom stereocenters. The second-order valence-electron chi connectivity index (χ2n) is 11.1. The van der Waals surface area contributed by atoms with E-state index in [0.717, 1.165) is 50.5 Å². The number of amides is 1. The summed E-state index contributed by atoms with van der Waals surface area (Å²) in [6.07, 6.45) is 8.00. The molecule has 4 rings (SSSR count). The molecule has 0 aromatic heterocycles. The summed E-state index contributed by atoms with van der Waals surface area (Å²) in [4.78, 5) is 12.9. The smallest absolute Gasteiger partial charge is 0.249 e. The molecule has 0 aliphatic carbocycles. The maximum Gasteiger partial charge on any atom is 0.249 e. The van der Waals surface area contributed by atoms with Gasteiger partial charge in [0, 0.05) is 16.7 Å². The Bertz CT molecular complexity index is 1540. The quantitative estimate of drug-likeness (QED) is 0.137. The average molecular weight is 586 g/mol. The molecule has 0 fully saturated rings. The van der Waals surface area contributed by atoms with Crippen LogP contribution >= 0.6 is 0 Å². The molecule has 4 aromatic rings. The van der Waals surface area contributed by atoms with E-state index in [1.54, 1.807) is 44.2 Å². The second kappa shape index (κ2) is 15.4. The number of carbonyl (C=O) groups is 1. The van der Waals surface area contributed by atoms with Crippen LogP contribution in [-0.4, -0.2) is 24.2 Å². The molecule has 0 saturated heterocycles. The molecule has 4 nitrogen and oxygen atoms in total. The first-order valence-electron chi connectivity index (χ1n) is 15.1. The Labute approximate surface area is 253 Å². The van der Waals surface area contributed by atoms with Gasteiger partial charge in [0.05, 0.1) is 6.61 Å². The van der Waals surface area contributed by atoms with E-state index in [9.17, 15) is 18.7 Å². The molecule has 0 aliphatic rings. The van der Waals surface area contributed by atoms with Crippen LogP contribution in [0.5, 0.6) is 5.75 Å². The van der Waals surface area contributed by atoms with Crippen LogP contribution in [0, 0.1) is 25.5 Å². The van der Waals surface area contributed by atoms with Gasteiger partial charge in [0.2, 0.25) is 5.91 Å². The van der Waals surface area contributed by atoms with E-state index in [-0.39, 0.29) is 24.8 Å². The van der Waals surface area contributed by atoms with Gasteiger partial charge in [-0.05, 0) is 103 Å². The fraction of sp³-hybridized carbons (Fsp3) is 0.324. The van der Waals surface area contributed by atoms with Crippen molar-refractivity contribution in [1.29, 1.82) is 0 Å². The summed E-state index contributed by atoms with van der Waals surface area (Å²) in [6.45, 7) is 3.15. The normalized spacial score (nSPS) is 11.1. The van der Waals surface area contributed by atoms with Gasteiger partial charge in [-0.3, -0.25) is 4.79 Å². The number of unbranched alkanes of at least 4 members (excludes halogenated alkanes) is 5. The molecule has 0 heterocycles. The largest absolute Gasteiger partial charge is 0.490 e. The SMILES string of the molecule is Cc1cc(-c2cc(C(N)=O)c(CCCCCCCCc3ccccc3)c(-c3ccc(F)c(C)c3)c2OCCO)ccc1F. The van der Waals surface area contributed by atoms with Gasteiger partial charge in [-0.2, -0.15) is 0 Å². The van der Waals surface area contributed by atoms with Crippen LogP contribution in [-0.2, 0) is 12.8 Å². The highest BCUT2D eigenvalue weighted by Crippen LogP contribution is 2.44. The Morgan fingerprint density at radius 1 is 0.767 bits per heavy atom. The second-order valence-corrected chi connectivity index (χ2v) is 11.1. The van der Waals surface area contributed by atoms with Crippen LogP contribution in [0.1, 0.15) is 71.1 Å². The number of primary amides is 1. The van der Waals surface area contributed by atoms with Gasteiger partial charge in [-0.25, -0.2) is 8.78 Å². The lowest BCUT2D eigenvalue weighted by Gasteiger charge is -2.23. The van der Waals surface area contributed by atoms with Gasteiger partial charge in [0.1, 0.15) is 24.0 Å². The highest BCUT2D eigenvalue weighted by atomic mass is 19.1. The number of ether oxygens (including phenoxy) is 1. The molecule has 6 heteroatoms. The lowest BCUT2D eigenvalue weighted by Crippen LogP contribution is -2.16. The van der Waals surface area contributed by atoms with Crippen molar-refractivity contribution in [2.24, 2.45) is 5.73 Å². The molecular weight excluding hydrogens is 544 g/mol. The third kappa shape index (κ3) is 8.29. The standard InChI is InChI=1S/C37H41F2NO3/c1-25-22-28(16-18-33(25)38)31-24-32(37(40)42)30(15-11-6-4-3-5-8-12-27-13-9-7-10-14-27)35(36(31)43-21-20-41)29-17-19-34(39)26(2)23-29/h7,9-10,13-14,16-19,22-24,41H,3-6,8,11-12,15,20-21H2,1-2H3,(H2,40,42). The minimum absolute atomic E-state index is 0.0126. The van der Waals surface area contributed by atoms with Crippen LogP contribution in [0.15, 0.2) is 72.8 Å². The number of hydrogen-bond acceptors (Lipinski definition) is 3. The Hall–Kier alpha value is -4.03. The third-order valence-corrected chi connectivity index (χ3v) is 7.89. The molecule has 226 valence electrons. The predicted molar refractivity (Wildman–Crippen MR) is 169 cm³/mol. The number of aliphatic hydroxyl groups is 1.